The summed E-state index contributed by atoms with van der Waals surface area (Å²) in [5.41, 5.74) is 2.16. The van der Waals surface area contributed by atoms with Crippen LogP contribution in [0.5, 0.6) is 0 Å². The summed E-state index contributed by atoms with van der Waals surface area (Å²) in [5, 5.41) is -3.53. The zero-order valence-electron chi connectivity index (χ0n) is 17.6. The number of alkyl halides is 3. The first-order valence-corrected chi connectivity index (χ1v) is 11.0. The molecule has 0 N–H and O–H groups in total. The van der Waals surface area contributed by atoms with Crippen LogP contribution >= 0.6 is 11.6 Å². The van der Waals surface area contributed by atoms with E-state index >= 15 is 0 Å². The molecule has 1 saturated carbocycles. The summed E-state index contributed by atoms with van der Waals surface area (Å²) in [5.74, 6) is -0.323. The maximum absolute atomic E-state index is 13.8. The standard InChI is InChI=1S/C24H32ClF2NO/c1-5-7-8-14-20-19(13-10-15-21(28-20)24(25,26)27)23(29)22-16(3)11-9-12-18(6-2)17(22)4/h10,13,18,22H,3-9,11-12,14-15H2,1-2H3. The molecule has 2 aliphatic rings. The fourth-order valence-electron chi connectivity index (χ4n) is 4.17. The number of Topliss-reactive ketones (excluding diaryl/α,β-unsaturated/α-hetero) is 1. The smallest absolute Gasteiger partial charge is 0.293 e. The van der Waals surface area contributed by atoms with Crippen LogP contribution in [0.15, 0.2) is 52.7 Å². The molecule has 0 spiro atoms. The molecular weight excluding hydrogens is 392 g/mol. The molecule has 0 aromatic carbocycles. The molecular formula is C24H32ClF2NO. The lowest BCUT2D eigenvalue weighted by molar-refractivity contribution is -0.117. The molecule has 0 amide bonds. The van der Waals surface area contributed by atoms with E-state index in [-0.39, 0.29) is 18.1 Å². The van der Waals surface area contributed by atoms with Gasteiger partial charge in [-0.3, -0.25) is 9.79 Å². The van der Waals surface area contributed by atoms with Crippen LogP contribution in [0.4, 0.5) is 8.78 Å². The topological polar surface area (TPSA) is 29.4 Å². The van der Waals surface area contributed by atoms with Crippen molar-refractivity contribution in [2.24, 2.45) is 16.8 Å². The maximum atomic E-state index is 13.8. The van der Waals surface area contributed by atoms with E-state index in [2.05, 4.69) is 32.0 Å². The van der Waals surface area contributed by atoms with Crippen molar-refractivity contribution in [3.05, 3.63) is 47.7 Å². The van der Waals surface area contributed by atoms with Gasteiger partial charge in [0.15, 0.2) is 5.78 Å². The number of rotatable bonds is 8. The fraction of sp³-hybridized carbons (Fsp3) is 0.583. The molecule has 29 heavy (non-hydrogen) atoms. The van der Waals surface area contributed by atoms with Gasteiger partial charge < -0.3 is 0 Å². The fourth-order valence-corrected chi connectivity index (χ4v) is 4.29. The minimum Gasteiger partial charge on any atom is -0.293 e. The SMILES string of the molecule is C=C1CCCC(CC)C(=C)C1C(=O)C1=C(CCCCC)N=C(C(F)(F)Cl)CC=C1. The summed E-state index contributed by atoms with van der Waals surface area (Å²) in [6.07, 6.45) is 10.0. The molecule has 2 rings (SSSR count). The minimum atomic E-state index is -3.53. The number of halogens is 3. The molecule has 5 heteroatoms. The Hall–Kier alpha value is -1.55. The Balaban J connectivity index is 2.49. The Morgan fingerprint density at radius 1 is 1.31 bits per heavy atom. The summed E-state index contributed by atoms with van der Waals surface area (Å²) in [7, 11) is 0. The number of carbonyl (C=O) groups excluding carboxylic acids is 1. The normalized spacial score (nSPS) is 23.7. The van der Waals surface area contributed by atoms with E-state index in [1.54, 1.807) is 12.2 Å². The number of aliphatic imine (C=N–C) groups is 1. The van der Waals surface area contributed by atoms with Gasteiger partial charge in [0.2, 0.25) is 0 Å². The second-order valence-electron chi connectivity index (χ2n) is 8.01. The van der Waals surface area contributed by atoms with Gasteiger partial charge in [-0.25, -0.2) is 0 Å². The van der Waals surface area contributed by atoms with Gasteiger partial charge in [0, 0.05) is 12.0 Å². The Labute approximate surface area is 178 Å². The Morgan fingerprint density at radius 2 is 2.03 bits per heavy atom. The number of unbranched alkanes of at least 4 members (excludes halogenated alkanes) is 2. The van der Waals surface area contributed by atoms with Gasteiger partial charge in [0.05, 0.1) is 11.6 Å². The molecule has 1 heterocycles. The molecule has 0 bridgehead atoms. The zero-order valence-corrected chi connectivity index (χ0v) is 18.3. The van der Waals surface area contributed by atoms with Crippen LogP contribution in [0.2, 0.25) is 0 Å². The summed E-state index contributed by atoms with van der Waals surface area (Å²) in [4.78, 5) is 17.8. The highest BCUT2D eigenvalue weighted by Crippen LogP contribution is 2.39. The van der Waals surface area contributed by atoms with E-state index in [9.17, 15) is 13.6 Å². The van der Waals surface area contributed by atoms with Crippen LogP contribution < -0.4 is 0 Å². The summed E-state index contributed by atoms with van der Waals surface area (Å²) in [6.45, 7) is 12.6. The van der Waals surface area contributed by atoms with Gasteiger partial charge >= 0.3 is 5.38 Å². The lowest BCUT2D eigenvalue weighted by Gasteiger charge is -2.24. The third-order valence-corrected chi connectivity index (χ3v) is 6.11. The van der Waals surface area contributed by atoms with Crippen molar-refractivity contribution < 1.29 is 13.6 Å². The number of hydrogen-bond donors (Lipinski definition) is 0. The van der Waals surface area contributed by atoms with Gasteiger partial charge in [0.25, 0.3) is 0 Å². The molecule has 0 radical (unpaired) electrons. The van der Waals surface area contributed by atoms with Gasteiger partial charge in [-0.2, -0.15) is 8.78 Å². The van der Waals surface area contributed by atoms with Crippen molar-refractivity contribution in [2.45, 2.75) is 77.0 Å². The molecule has 2 nitrogen and oxygen atoms in total. The van der Waals surface area contributed by atoms with Crippen LogP contribution in [-0.4, -0.2) is 16.9 Å². The first-order valence-electron chi connectivity index (χ1n) is 10.7. The van der Waals surface area contributed by atoms with Crippen molar-refractivity contribution in [1.29, 1.82) is 0 Å². The quantitative estimate of drug-likeness (QED) is 0.171. The van der Waals surface area contributed by atoms with E-state index in [0.717, 1.165) is 56.1 Å². The summed E-state index contributed by atoms with van der Waals surface area (Å²) >= 11 is 5.26. The zero-order chi connectivity index (χ0) is 21.6. The summed E-state index contributed by atoms with van der Waals surface area (Å²) in [6, 6.07) is 0. The van der Waals surface area contributed by atoms with Crippen LogP contribution in [0.25, 0.3) is 0 Å². The highest BCUT2D eigenvalue weighted by molar-refractivity contribution is 6.33. The predicted molar refractivity (Wildman–Crippen MR) is 118 cm³/mol. The second kappa shape index (κ2) is 10.5. The van der Waals surface area contributed by atoms with E-state index in [1.165, 1.54) is 0 Å². The third-order valence-electron chi connectivity index (χ3n) is 5.90. The van der Waals surface area contributed by atoms with Crippen molar-refractivity contribution in [3.8, 4) is 0 Å². The van der Waals surface area contributed by atoms with Crippen LogP contribution in [0.1, 0.15) is 71.6 Å². The highest BCUT2D eigenvalue weighted by Gasteiger charge is 2.36. The van der Waals surface area contributed by atoms with Crippen LogP contribution in [0.3, 0.4) is 0 Å². The molecule has 2 atom stereocenters. The number of hydrogen-bond acceptors (Lipinski definition) is 2. The number of allylic oxidation sites excluding steroid dienone is 6. The van der Waals surface area contributed by atoms with Crippen molar-refractivity contribution in [2.75, 3.05) is 0 Å². The van der Waals surface area contributed by atoms with E-state index < -0.39 is 17.0 Å². The molecule has 0 aromatic heterocycles. The molecule has 160 valence electrons. The predicted octanol–water partition coefficient (Wildman–Crippen LogP) is 7.56. The Bertz CT molecular complexity index is 742. The lowest BCUT2D eigenvalue weighted by Crippen LogP contribution is -2.23. The molecule has 1 aliphatic heterocycles. The van der Waals surface area contributed by atoms with Crippen molar-refractivity contribution >= 4 is 23.1 Å². The molecule has 0 saturated heterocycles. The van der Waals surface area contributed by atoms with Crippen molar-refractivity contribution in [1.82, 2.24) is 0 Å². The van der Waals surface area contributed by atoms with Crippen LogP contribution in [0, 0.1) is 11.8 Å². The lowest BCUT2D eigenvalue weighted by atomic mass is 9.79. The largest absolute Gasteiger partial charge is 0.361 e. The van der Waals surface area contributed by atoms with Gasteiger partial charge in [0.1, 0.15) is 5.71 Å². The monoisotopic (exact) mass is 423 g/mol. The average Bonchev–Trinajstić information content (AvgIpc) is 2.95. The first kappa shape index (κ1) is 23.7. The first-order chi connectivity index (χ1) is 13.7. The Kier molecular flexibility index (Phi) is 8.57. The number of carbonyl (C=O) groups is 1. The van der Waals surface area contributed by atoms with E-state index in [4.69, 9.17) is 11.6 Å². The van der Waals surface area contributed by atoms with Gasteiger partial charge in [-0.15, -0.1) is 0 Å². The number of nitrogens with zero attached hydrogens (tertiary/aromatic N) is 1. The highest BCUT2D eigenvalue weighted by atomic mass is 35.5. The van der Waals surface area contributed by atoms with E-state index in [0.29, 0.717) is 17.7 Å². The van der Waals surface area contributed by atoms with Gasteiger partial charge in [-0.05, 0) is 56.0 Å². The molecule has 0 aromatic rings. The Morgan fingerprint density at radius 3 is 2.66 bits per heavy atom. The van der Waals surface area contributed by atoms with Crippen LogP contribution in [-0.2, 0) is 4.79 Å². The third kappa shape index (κ3) is 5.97. The van der Waals surface area contributed by atoms with Crippen molar-refractivity contribution in [3.63, 3.8) is 0 Å². The molecule has 1 aliphatic carbocycles. The number of ketones is 1. The summed E-state index contributed by atoms with van der Waals surface area (Å²) < 4.78 is 27.5. The molecule has 1 fully saturated rings. The average molecular weight is 424 g/mol. The minimum absolute atomic E-state index is 0.0747. The van der Waals surface area contributed by atoms with Gasteiger partial charge in [-0.1, -0.05) is 63.1 Å². The molecule has 2 unspecified atom stereocenters. The maximum Gasteiger partial charge on any atom is 0.361 e. The second-order valence-corrected chi connectivity index (χ2v) is 8.48. The van der Waals surface area contributed by atoms with E-state index in [1.807, 2.05) is 0 Å².